The molecule has 0 aromatic rings. The molecule has 64 valence electrons. The van der Waals surface area contributed by atoms with Crippen LogP contribution in [0.5, 0.6) is 0 Å². The maximum absolute atomic E-state index is 3.26. The topological polar surface area (TPSA) is 15.3 Å². The van der Waals surface area contributed by atoms with E-state index in [9.17, 15) is 0 Å². The Labute approximate surface area is 73.3 Å². The van der Waals surface area contributed by atoms with Crippen molar-refractivity contribution in [3.05, 3.63) is 36.3 Å². The molecule has 0 saturated heterocycles. The van der Waals surface area contributed by atoms with Crippen LogP contribution in [0.2, 0.25) is 0 Å². The summed E-state index contributed by atoms with van der Waals surface area (Å²) >= 11 is 0. The lowest BCUT2D eigenvalue weighted by Gasteiger charge is -2.24. The third kappa shape index (κ3) is 1.13. The minimum Gasteiger partial charge on any atom is -0.366 e. The van der Waals surface area contributed by atoms with E-state index in [2.05, 4.69) is 48.6 Å². The summed E-state index contributed by atoms with van der Waals surface area (Å²) in [6.07, 6.45) is 11.0. The van der Waals surface area contributed by atoms with Crippen molar-refractivity contribution in [2.45, 2.75) is 20.0 Å². The average molecular weight is 162 g/mol. The second-order valence-corrected chi connectivity index (χ2v) is 3.51. The number of hydrogen-bond acceptors (Lipinski definition) is 2. The van der Waals surface area contributed by atoms with Crippen LogP contribution in [0.4, 0.5) is 0 Å². The van der Waals surface area contributed by atoms with Gasteiger partial charge in [-0.15, -0.1) is 0 Å². The van der Waals surface area contributed by atoms with Crippen LogP contribution in [-0.2, 0) is 0 Å². The molecule has 0 radical (unpaired) electrons. The van der Waals surface area contributed by atoms with E-state index in [-0.39, 0.29) is 0 Å². The molecule has 2 heterocycles. The Morgan fingerprint density at radius 3 is 3.00 bits per heavy atom. The molecule has 0 saturated carbocycles. The Balaban J connectivity index is 2.18. The standard InChI is InChI=1S/C10H14N2/c1-8(2)9-3-5-12-6-4-11-10(12)7-9/h3-8,10-11H,1-2H3. The van der Waals surface area contributed by atoms with Gasteiger partial charge in [-0.1, -0.05) is 13.8 Å². The number of nitrogens with one attached hydrogen (secondary N) is 1. The van der Waals surface area contributed by atoms with Gasteiger partial charge in [-0.2, -0.15) is 0 Å². The Bertz CT molecular complexity index is 261. The van der Waals surface area contributed by atoms with Crippen molar-refractivity contribution in [3.63, 3.8) is 0 Å². The molecule has 1 N–H and O–H groups in total. The van der Waals surface area contributed by atoms with Crippen LogP contribution in [-0.4, -0.2) is 11.1 Å². The van der Waals surface area contributed by atoms with Crippen LogP contribution in [0, 0.1) is 5.92 Å². The zero-order valence-electron chi connectivity index (χ0n) is 7.49. The minimum atomic E-state index is 0.354. The fourth-order valence-corrected chi connectivity index (χ4v) is 1.48. The SMILES string of the molecule is CC(C)C1=CC2NC=CN2C=C1. The van der Waals surface area contributed by atoms with Crippen LogP contribution in [0.25, 0.3) is 0 Å². The zero-order chi connectivity index (χ0) is 8.55. The van der Waals surface area contributed by atoms with Gasteiger partial charge in [-0.05, 0) is 23.6 Å². The highest BCUT2D eigenvalue weighted by molar-refractivity contribution is 5.29. The summed E-state index contributed by atoms with van der Waals surface area (Å²) < 4.78 is 0. The number of rotatable bonds is 1. The van der Waals surface area contributed by atoms with E-state index in [1.165, 1.54) is 5.57 Å². The van der Waals surface area contributed by atoms with E-state index >= 15 is 0 Å². The molecule has 0 fully saturated rings. The largest absolute Gasteiger partial charge is 0.366 e. The van der Waals surface area contributed by atoms with Gasteiger partial charge in [-0.3, -0.25) is 0 Å². The Kier molecular flexibility index (Phi) is 1.68. The average Bonchev–Trinajstić information content (AvgIpc) is 2.49. The van der Waals surface area contributed by atoms with Gasteiger partial charge in [0.05, 0.1) is 0 Å². The van der Waals surface area contributed by atoms with Gasteiger partial charge in [0.2, 0.25) is 0 Å². The van der Waals surface area contributed by atoms with Gasteiger partial charge in [0, 0.05) is 18.6 Å². The smallest absolute Gasteiger partial charge is 0.122 e. The molecule has 2 heteroatoms. The van der Waals surface area contributed by atoms with Crippen molar-refractivity contribution in [2.75, 3.05) is 0 Å². The van der Waals surface area contributed by atoms with Crippen LogP contribution >= 0.6 is 0 Å². The Morgan fingerprint density at radius 1 is 1.42 bits per heavy atom. The van der Waals surface area contributed by atoms with Gasteiger partial charge < -0.3 is 10.2 Å². The lowest BCUT2D eigenvalue weighted by Crippen LogP contribution is -2.32. The number of hydrogen-bond donors (Lipinski definition) is 1. The normalized spacial score (nSPS) is 25.8. The van der Waals surface area contributed by atoms with Crippen molar-refractivity contribution >= 4 is 0 Å². The molecule has 2 nitrogen and oxygen atoms in total. The minimum absolute atomic E-state index is 0.354. The van der Waals surface area contributed by atoms with E-state index < -0.39 is 0 Å². The summed E-state index contributed by atoms with van der Waals surface area (Å²) in [7, 11) is 0. The Hall–Kier alpha value is -1.18. The summed E-state index contributed by atoms with van der Waals surface area (Å²) in [6, 6.07) is 0. The second kappa shape index (κ2) is 2.70. The maximum atomic E-state index is 3.26. The van der Waals surface area contributed by atoms with Crippen LogP contribution < -0.4 is 5.32 Å². The van der Waals surface area contributed by atoms with E-state index in [1.54, 1.807) is 0 Å². The van der Waals surface area contributed by atoms with Crippen LogP contribution in [0.15, 0.2) is 36.3 Å². The molecule has 2 rings (SSSR count). The molecule has 0 aliphatic carbocycles. The van der Waals surface area contributed by atoms with E-state index in [4.69, 9.17) is 0 Å². The van der Waals surface area contributed by atoms with E-state index in [0.29, 0.717) is 12.1 Å². The number of fused-ring (bicyclic) bond motifs is 1. The highest BCUT2D eigenvalue weighted by Gasteiger charge is 2.18. The van der Waals surface area contributed by atoms with Crippen molar-refractivity contribution < 1.29 is 0 Å². The van der Waals surface area contributed by atoms with Gasteiger partial charge in [0.15, 0.2) is 0 Å². The molecule has 0 amide bonds. The zero-order valence-corrected chi connectivity index (χ0v) is 7.49. The summed E-state index contributed by atoms with van der Waals surface area (Å²) in [5.74, 6) is 0.616. The quantitative estimate of drug-likeness (QED) is 0.632. The summed E-state index contributed by atoms with van der Waals surface area (Å²) in [5, 5.41) is 3.26. The molecule has 0 aromatic heterocycles. The lowest BCUT2D eigenvalue weighted by atomic mass is 10.0. The molecule has 1 atom stereocenters. The van der Waals surface area contributed by atoms with E-state index in [0.717, 1.165) is 0 Å². The van der Waals surface area contributed by atoms with Crippen molar-refractivity contribution in [1.29, 1.82) is 0 Å². The Morgan fingerprint density at radius 2 is 2.25 bits per heavy atom. The third-order valence-corrected chi connectivity index (χ3v) is 2.29. The monoisotopic (exact) mass is 162 g/mol. The molecule has 0 aromatic carbocycles. The summed E-state index contributed by atoms with van der Waals surface area (Å²) in [5.41, 5.74) is 1.41. The lowest BCUT2D eigenvalue weighted by molar-refractivity contribution is 0.419. The molecule has 1 unspecified atom stereocenters. The molecule has 2 aliphatic rings. The van der Waals surface area contributed by atoms with E-state index in [1.807, 2.05) is 6.20 Å². The fraction of sp³-hybridized carbons (Fsp3) is 0.400. The summed E-state index contributed by atoms with van der Waals surface area (Å²) in [4.78, 5) is 2.16. The molecule has 2 aliphatic heterocycles. The van der Waals surface area contributed by atoms with Gasteiger partial charge in [-0.25, -0.2) is 0 Å². The second-order valence-electron chi connectivity index (χ2n) is 3.51. The molecular weight excluding hydrogens is 148 g/mol. The van der Waals surface area contributed by atoms with Gasteiger partial charge >= 0.3 is 0 Å². The first-order valence-electron chi connectivity index (χ1n) is 4.37. The molecular formula is C10H14N2. The molecule has 0 bridgehead atoms. The predicted molar refractivity (Wildman–Crippen MR) is 50.0 cm³/mol. The highest BCUT2D eigenvalue weighted by atomic mass is 15.3. The molecule has 0 spiro atoms. The van der Waals surface area contributed by atoms with Gasteiger partial charge in [0.25, 0.3) is 0 Å². The fourth-order valence-electron chi connectivity index (χ4n) is 1.48. The summed E-state index contributed by atoms with van der Waals surface area (Å²) in [6.45, 7) is 4.43. The third-order valence-electron chi connectivity index (χ3n) is 2.29. The van der Waals surface area contributed by atoms with Crippen molar-refractivity contribution in [2.24, 2.45) is 5.92 Å². The first-order valence-corrected chi connectivity index (χ1v) is 4.37. The maximum Gasteiger partial charge on any atom is 0.122 e. The van der Waals surface area contributed by atoms with Crippen molar-refractivity contribution in [3.8, 4) is 0 Å². The van der Waals surface area contributed by atoms with Crippen LogP contribution in [0.3, 0.4) is 0 Å². The van der Waals surface area contributed by atoms with Gasteiger partial charge in [0.1, 0.15) is 6.17 Å². The first kappa shape index (κ1) is 7.47. The number of nitrogens with zero attached hydrogens (tertiary/aromatic N) is 1. The highest BCUT2D eigenvalue weighted by Crippen LogP contribution is 2.20. The molecule has 12 heavy (non-hydrogen) atoms. The predicted octanol–water partition coefficient (Wildman–Crippen LogP) is 1.80. The van der Waals surface area contributed by atoms with Crippen molar-refractivity contribution in [1.82, 2.24) is 10.2 Å². The number of allylic oxidation sites excluding steroid dienone is 2. The first-order chi connectivity index (χ1) is 5.77. The van der Waals surface area contributed by atoms with Crippen LogP contribution in [0.1, 0.15) is 13.8 Å².